The highest BCUT2D eigenvalue weighted by molar-refractivity contribution is 7.99. The molecule has 5 heteroatoms. The molecule has 0 radical (unpaired) electrons. The van der Waals surface area contributed by atoms with Crippen molar-refractivity contribution in [2.45, 2.75) is 89.7 Å². The van der Waals surface area contributed by atoms with Gasteiger partial charge in [-0.1, -0.05) is 58.0 Å². The molecule has 2 rings (SSSR count). The molecule has 1 atom stereocenters. The van der Waals surface area contributed by atoms with Gasteiger partial charge in [0.2, 0.25) is 0 Å². The Bertz CT molecular complexity index is 918. The van der Waals surface area contributed by atoms with Crippen molar-refractivity contribution in [1.82, 2.24) is 0 Å². The van der Waals surface area contributed by atoms with E-state index < -0.39 is 12.1 Å². The number of aliphatic hydroxyl groups is 1. The molecule has 182 valence electrons. The Morgan fingerprint density at radius 3 is 2.15 bits per heavy atom. The standard InChI is InChI=1S/C28H40O4S/c1-7-28(8-2,23-10-9-22(20(5)15-23)18-33-19(3)4)24-11-13-26(21(6)16-24)32-17-25(29)12-14-27(30)31/h9-11,13,15-16,19,25,29H,7-8,12,14,17-18H2,1-6H3,(H,30,31). The summed E-state index contributed by atoms with van der Waals surface area (Å²) in [6.45, 7) is 13.3. The van der Waals surface area contributed by atoms with E-state index in [1.165, 1.54) is 22.3 Å². The van der Waals surface area contributed by atoms with Crippen LogP contribution in [0.1, 0.15) is 81.2 Å². The van der Waals surface area contributed by atoms with E-state index in [0.29, 0.717) is 5.25 Å². The van der Waals surface area contributed by atoms with Crippen LogP contribution < -0.4 is 4.74 Å². The lowest BCUT2D eigenvalue weighted by Crippen LogP contribution is -2.26. The predicted octanol–water partition coefficient (Wildman–Crippen LogP) is 6.66. The van der Waals surface area contributed by atoms with Crippen LogP contribution in [-0.4, -0.2) is 34.1 Å². The Morgan fingerprint density at radius 1 is 1.03 bits per heavy atom. The molecule has 2 aromatic rings. The Kier molecular flexibility index (Phi) is 10.3. The molecule has 0 saturated heterocycles. The number of carbonyl (C=O) groups is 1. The number of hydrogen-bond acceptors (Lipinski definition) is 4. The first-order valence-corrected chi connectivity index (χ1v) is 13.0. The monoisotopic (exact) mass is 472 g/mol. The molecular weight excluding hydrogens is 432 g/mol. The van der Waals surface area contributed by atoms with Crippen molar-refractivity contribution in [2.75, 3.05) is 6.61 Å². The minimum absolute atomic E-state index is 0.0632. The quantitative estimate of drug-likeness (QED) is 0.341. The predicted molar refractivity (Wildman–Crippen MR) is 139 cm³/mol. The van der Waals surface area contributed by atoms with E-state index in [4.69, 9.17) is 9.84 Å². The van der Waals surface area contributed by atoms with E-state index in [0.717, 1.165) is 29.9 Å². The third-order valence-electron chi connectivity index (χ3n) is 6.52. The van der Waals surface area contributed by atoms with Crippen molar-refractivity contribution in [3.8, 4) is 5.75 Å². The summed E-state index contributed by atoms with van der Waals surface area (Å²) < 4.78 is 5.81. The second-order valence-electron chi connectivity index (χ2n) is 9.17. The van der Waals surface area contributed by atoms with Crippen molar-refractivity contribution in [3.63, 3.8) is 0 Å². The lowest BCUT2D eigenvalue weighted by Gasteiger charge is -2.34. The van der Waals surface area contributed by atoms with Gasteiger partial charge in [-0.3, -0.25) is 4.79 Å². The first kappa shape index (κ1) is 27.3. The van der Waals surface area contributed by atoms with Crippen molar-refractivity contribution in [2.24, 2.45) is 0 Å². The maximum absolute atomic E-state index is 10.7. The topological polar surface area (TPSA) is 66.8 Å². The van der Waals surface area contributed by atoms with Crippen LogP contribution in [0.15, 0.2) is 36.4 Å². The molecule has 0 aliphatic heterocycles. The molecule has 0 amide bonds. The number of hydrogen-bond donors (Lipinski definition) is 2. The zero-order valence-electron chi connectivity index (χ0n) is 21.0. The average molecular weight is 473 g/mol. The third kappa shape index (κ3) is 7.25. The zero-order valence-corrected chi connectivity index (χ0v) is 21.8. The van der Waals surface area contributed by atoms with E-state index in [9.17, 15) is 9.90 Å². The molecule has 0 aliphatic carbocycles. The molecular formula is C28H40O4S. The van der Waals surface area contributed by atoms with Crippen LogP contribution in [0.25, 0.3) is 0 Å². The molecule has 0 heterocycles. The Balaban J connectivity index is 2.25. The summed E-state index contributed by atoms with van der Waals surface area (Å²) in [5.41, 5.74) is 6.32. The summed E-state index contributed by atoms with van der Waals surface area (Å²) in [4.78, 5) is 10.7. The molecule has 1 unspecified atom stereocenters. The zero-order chi connectivity index (χ0) is 24.6. The van der Waals surface area contributed by atoms with E-state index >= 15 is 0 Å². The number of benzene rings is 2. The summed E-state index contributed by atoms with van der Waals surface area (Å²) in [6, 6.07) is 13.3. The average Bonchev–Trinajstić information content (AvgIpc) is 2.77. The highest BCUT2D eigenvalue weighted by Gasteiger charge is 2.31. The van der Waals surface area contributed by atoms with E-state index in [2.05, 4.69) is 65.0 Å². The SMILES string of the molecule is CCC(CC)(c1ccc(CSC(C)C)c(C)c1)c1ccc(OCC(O)CCC(=O)O)c(C)c1. The molecule has 0 aromatic heterocycles. The Labute approximate surface area is 203 Å². The van der Waals surface area contributed by atoms with Gasteiger partial charge in [0.25, 0.3) is 0 Å². The summed E-state index contributed by atoms with van der Waals surface area (Å²) in [7, 11) is 0. The van der Waals surface area contributed by atoms with Gasteiger partial charge < -0.3 is 14.9 Å². The van der Waals surface area contributed by atoms with E-state index in [1.54, 1.807) is 0 Å². The van der Waals surface area contributed by atoms with Crippen molar-refractivity contribution >= 4 is 17.7 Å². The van der Waals surface area contributed by atoms with Crippen LogP contribution in [-0.2, 0) is 16.0 Å². The second-order valence-corrected chi connectivity index (χ2v) is 10.7. The molecule has 0 saturated carbocycles. The molecule has 0 aliphatic rings. The summed E-state index contributed by atoms with van der Waals surface area (Å²) in [5, 5.41) is 19.4. The first-order valence-electron chi connectivity index (χ1n) is 12.0. The number of carboxylic acids is 1. The summed E-state index contributed by atoms with van der Waals surface area (Å²) >= 11 is 1.97. The van der Waals surface area contributed by atoms with Crippen LogP contribution in [0.3, 0.4) is 0 Å². The molecule has 4 nitrogen and oxygen atoms in total. The molecule has 2 aromatic carbocycles. The van der Waals surface area contributed by atoms with Crippen molar-refractivity contribution < 1.29 is 19.7 Å². The van der Waals surface area contributed by atoms with Crippen LogP contribution >= 0.6 is 11.8 Å². The maximum Gasteiger partial charge on any atom is 0.303 e. The Hall–Kier alpha value is -1.98. The highest BCUT2D eigenvalue weighted by Crippen LogP contribution is 2.41. The fraction of sp³-hybridized carbons (Fsp3) is 0.536. The van der Waals surface area contributed by atoms with Gasteiger partial charge in [-0.05, 0) is 72.2 Å². The lowest BCUT2D eigenvalue weighted by atomic mass is 9.70. The van der Waals surface area contributed by atoms with Crippen LogP contribution in [0, 0.1) is 13.8 Å². The van der Waals surface area contributed by atoms with Gasteiger partial charge in [0.1, 0.15) is 12.4 Å². The lowest BCUT2D eigenvalue weighted by molar-refractivity contribution is -0.137. The number of aliphatic hydroxyl groups excluding tert-OH is 1. The third-order valence-corrected chi connectivity index (χ3v) is 7.67. The van der Waals surface area contributed by atoms with Gasteiger partial charge in [0.15, 0.2) is 0 Å². The highest BCUT2D eigenvalue weighted by atomic mass is 32.2. The molecule has 0 spiro atoms. The van der Waals surface area contributed by atoms with Crippen molar-refractivity contribution in [1.29, 1.82) is 0 Å². The Morgan fingerprint density at radius 2 is 1.64 bits per heavy atom. The van der Waals surface area contributed by atoms with Crippen LogP contribution in [0.4, 0.5) is 0 Å². The number of carboxylic acid groups (broad SMARTS) is 1. The largest absolute Gasteiger partial charge is 0.491 e. The maximum atomic E-state index is 10.7. The number of thioether (sulfide) groups is 1. The van der Waals surface area contributed by atoms with Gasteiger partial charge in [-0.25, -0.2) is 0 Å². The normalized spacial score (nSPS) is 12.7. The summed E-state index contributed by atoms with van der Waals surface area (Å²) in [6.07, 6.45) is 1.33. The second kappa shape index (κ2) is 12.5. The fourth-order valence-corrected chi connectivity index (χ4v) is 5.15. The number of aryl methyl sites for hydroxylation is 2. The van der Waals surface area contributed by atoms with Gasteiger partial charge >= 0.3 is 5.97 Å². The first-order chi connectivity index (χ1) is 15.6. The van der Waals surface area contributed by atoms with Crippen LogP contribution in [0.5, 0.6) is 5.75 Å². The van der Waals surface area contributed by atoms with Gasteiger partial charge in [-0.15, -0.1) is 0 Å². The molecule has 33 heavy (non-hydrogen) atoms. The van der Waals surface area contributed by atoms with Gasteiger partial charge in [0.05, 0.1) is 6.10 Å². The van der Waals surface area contributed by atoms with Gasteiger partial charge in [-0.2, -0.15) is 11.8 Å². The fourth-order valence-electron chi connectivity index (χ4n) is 4.31. The van der Waals surface area contributed by atoms with E-state index in [1.807, 2.05) is 24.8 Å². The minimum Gasteiger partial charge on any atom is -0.491 e. The number of ether oxygens (including phenoxy) is 1. The molecule has 0 fully saturated rings. The van der Waals surface area contributed by atoms with Crippen LogP contribution in [0.2, 0.25) is 0 Å². The van der Waals surface area contributed by atoms with E-state index in [-0.39, 0.29) is 24.9 Å². The van der Waals surface area contributed by atoms with Gasteiger partial charge in [0, 0.05) is 17.6 Å². The minimum atomic E-state index is -0.910. The summed E-state index contributed by atoms with van der Waals surface area (Å²) in [5.74, 6) is 0.858. The molecule has 2 N–H and O–H groups in total. The number of rotatable bonds is 13. The van der Waals surface area contributed by atoms with Crippen molar-refractivity contribution in [3.05, 3.63) is 64.2 Å². The number of aliphatic carboxylic acids is 1. The molecule has 0 bridgehead atoms. The smallest absolute Gasteiger partial charge is 0.303 e.